The number of aromatic nitrogens is 3. The summed E-state index contributed by atoms with van der Waals surface area (Å²) in [5, 5.41) is 15.4. The fraction of sp³-hybridized carbons (Fsp3) is 0.429. The molecule has 0 amide bonds. The summed E-state index contributed by atoms with van der Waals surface area (Å²) >= 11 is 0. The summed E-state index contributed by atoms with van der Waals surface area (Å²) in [4.78, 5) is 21.3. The van der Waals surface area contributed by atoms with Crippen LogP contribution in [-0.2, 0) is 16.1 Å². The minimum atomic E-state index is -0.950. The van der Waals surface area contributed by atoms with Crippen LogP contribution in [0.15, 0.2) is 6.33 Å². The molecule has 1 N–H and O–H groups in total. The SMILES string of the molecule is COC(=O)c1nncn1CCC(=O)O. The Kier molecular flexibility index (Phi) is 3.16. The van der Waals surface area contributed by atoms with E-state index in [9.17, 15) is 9.59 Å². The highest BCUT2D eigenvalue weighted by molar-refractivity contribution is 5.85. The van der Waals surface area contributed by atoms with E-state index in [-0.39, 0.29) is 18.8 Å². The van der Waals surface area contributed by atoms with Gasteiger partial charge in [-0.25, -0.2) is 4.79 Å². The summed E-state index contributed by atoms with van der Waals surface area (Å²) in [6.07, 6.45) is 1.19. The minimum absolute atomic E-state index is 0.00810. The van der Waals surface area contributed by atoms with Crippen molar-refractivity contribution in [2.75, 3.05) is 7.11 Å². The summed E-state index contributed by atoms with van der Waals surface area (Å²) in [7, 11) is 1.22. The highest BCUT2D eigenvalue weighted by Gasteiger charge is 2.14. The first-order chi connectivity index (χ1) is 6.65. The maximum atomic E-state index is 11.0. The monoisotopic (exact) mass is 199 g/mol. The van der Waals surface area contributed by atoms with Crippen LogP contribution in [0.1, 0.15) is 17.0 Å². The Labute approximate surface area is 79.3 Å². The molecule has 76 valence electrons. The van der Waals surface area contributed by atoms with Crippen molar-refractivity contribution < 1.29 is 19.4 Å². The van der Waals surface area contributed by atoms with Crippen LogP contribution < -0.4 is 0 Å². The van der Waals surface area contributed by atoms with Crippen molar-refractivity contribution >= 4 is 11.9 Å². The zero-order valence-corrected chi connectivity index (χ0v) is 7.51. The van der Waals surface area contributed by atoms with Crippen LogP contribution in [-0.4, -0.2) is 38.9 Å². The number of aliphatic carboxylic acids is 1. The topological polar surface area (TPSA) is 94.3 Å². The lowest BCUT2D eigenvalue weighted by Crippen LogP contribution is -2.13. The lowest BCUT2D eigenvalue weighted by molar-refractivity contribution is -0.137. The Hall–Kier alpha value is -1.92. The van der Waals surface area contributed by atoms with Crippen LogP contribution in [0.5, 0.6) is 0 Å². The number of methoxy groups -OCH3 is 1. The average Bonchev–Trinajstić information content (AvgIpc) is 2.61. The van der Waals surface area contributed by atoms with Crippen molar-refractivity contribution in [1.82, 2.24) is 14.8 Å². The van der Waals surface area contributed by atoms with Gasteiger partial charge in [0.15, 0.2) is 0 Å². The van der Waals surface area contributed by atoms with Crippen LogP contribution in [0.3, 0.4) is 0 Å². The summed E-state index contributed by atoms with van der Waals surface area (Å²) in [5.41, 5.74) is 0. The van der Waals surface area contributed by atoms with Gasteiger partial charge < -0.3 is 14.4 Å². The zero-order chi connectivity index (χ0) is 10.6. The number of ether oxygens (including phenoxy) is 1. The van der Waals surface area contributed by atoms with Gasteiger partial charge in [-0.1, -0.05) is 0 Å². The molecule has 0 bridgehead atoms. The number of carboxylic acid groups (broad SMARTS) is 1. The third kappa shape index (κ3) is 2.28. The van der Waals surface area contributed by atoms with Crippen LogP contribution in [0.4, 0.5) is 0 Å². The van der Waals surface area contributed by atoms with Gasteiger partial charge in [-0.3, -0.25) is 4.79 Å². The average molecular weight is 199 g/mol. The van der Waals surface area contributed by atoms with E-state index in [0.29, 0.717) is 0 Å². The second-order valence-corrected chi connectivity index (χ2v) is 2.48. The Morgan fingerprint density at radius 1 is 1.64 bits per heavy atom. The molecule has 7 nitrogen and oxygen atoms in total. The smallest absolute Gasteiger partial charge is 0.376 e. The van der Waals surface area contributed by atoms with Gasteiger partial charge in [-0.15, -0.1) is 10.2 Å². The Morgan fingerprint density at radius 2 is 2.36 bits per heavy atom. The van der Waals surface area contributed by atoms with Gasteiger partial charge in [0.25, 0.3) is 0 Å². The molecule has 0 aliphatic heterocycles. The molecule has 7 heteroatoms. The van der Waals surface area contributed by atoms with E-state index in [0.717, 1.165) is 0 Å². The van der Waals surface area contributed by atoms with Gasteiger partial charge in [-0.2, -0.15) is 0 Å². The first-order valence-electron chi connectivity index (χ1n) is 3.83. The highest BCUT2D eigenvalue weighted by Crippen LogP contribution is 1.99. The molecule has 0 unspecified atom stereocenters. The van der Waals surface area contributed by atoms with Crippen molar-refractivity contribution in [3.8, 4) is 0 Å². The van der Waals surface area contributed by atoms with E-state index in [1.165, 1.54) is 18.0 Å². The molecule has 0 atom stereocenters. The predicted octanol–water partition coefficient (Wildman–Crippen LogP) is -0.461. The van der Waals surface area contributed by atoms with Gasteiger partial charge in [-0.05, 0) is 0 Å². The van der Waals surface area contributed by atoms with Crippen molar-refractivity contribution in [3.63, 3.8) is 0 Å². The normalized spacial score (nSPS) is 9.79. The summed E-state index contributed by atoms with van der Waals surface area (Å²) < 4.78 is 5.77. The lowest BCUT2D eigenvalue weighted by atomic mass is 10.4. The minimum Gasteiger partial charge on any atom is -0.481 e. The second kappa shape index (κ2) is 4.35. The van der Waals surface area contributed by atoms with Gasteiger partial charge >= 0.3 is 11.9 Å². The molecule has 1 rings (SSSR count). The molecule has 1 aromatic rings. The van der Waals surface area contributed by atoms with Gasteiger partial charge in [0.1, 0.15) is 6.33 Å². The van der Waals surface area contributed by atoms with E-state index in [1.54, 1.807) is 0 Å². The summed E-state index contributed by atoms with van der Waals surface area (Å²) in [6, 6.07) is 0. The van der Waals surface area contributed by atoms with Crippen molar-refractivity contribution in [2.45, 2.75) is 13.0 Å². The maximum Gasteiger partial charge on any atom is 0.376 e. The number of carboxylic acids is 1. The van der Waals surface area contributed by atoms with Gasteiger partial charge in [0.2, 0.25) is 5.82 Å². The quantitative estimate of drug-likeness (QED) is 0.659. The van der Waals surface area contributed by atoms with Crippen molar-refractivity contribution in [1.29, 1.82) is 0 Å². The second-order valence-electron chi connectivity index (χ2n) is 2.48. The molecule has 0 aliphatic rings. The number of hydrogen-bond acceptors (Lipinski definition) is 5. The zero-order valence-electron chi connectivity index (χ0n) is 7.51. The molecule has 1 aromatic heterocycles. The Balaban J connectivity index is 2.72. The molecule has 0 radical (unpaired) electrons. The summed E-state index contributed by atoms with van der Waals surface area (Å²) in [6.45, 7) is 0.146. The molecule has 0 fully saturated rings. The maximum absolute atomic E-state index is 11.0. The van der Waals surface area contributed by atoms with E-state index >= 15 is 0 Å². The fourth-order valence-corrected chi connectivity index (χ4v) is 0.884. The Bertz CT molecular complexity index is 346. The van der Waals surface area contributed by atoms with Gasteiger partial charge in [0, 0.05) is 6.54 Å². The molecule has 0 saturated carbocycles. The number of esters is 1. The third-order valence-electron chi connectivity index (χ3n) is 1.55. The number of rotatable bonds is 4. The Morgan fingerprint density at radius 3 is 2.93 bits per heavy atom. The number of hydrogen-bond donors (Lipinski definition) is 1. The van der Waals surface area contributed by atoms with E-state index < -0.39 is 11.9 Å². The number of carbonyl (C=O) groups is 2. The van der Waals surface area contributed by atoms with Crippen LogP contribution in [0.2, 0.25) is 0 Å². The molecular weight excluding hydrogens is 190 g/mol. The molecule has 0 aromatic carbocycles. The highest BCUT2D eigenvalue weighted by atomic mass is 16.5. The molecule has 0 spiro atoms. The molecule has 1 heterocycles. The standard InChI is InChI=1S/C7H9N3O4/c1-14-7(13)6-9-8-4-10(6)3-2-5(11)12/h4H,2-3H2,1H3,(H,11,12). The summed E-state index contributed by atoms with van der Waals surface area (Å²) in [5.74, 6) is -1.57. The number of aryl methyl sites for hydroxylation is 1. The fourth-order valence-electron chi connectivity index (χ4n) is 0.884. The number of nitrogens with zero attached hydrogens (tertiary/aromatic N) is 3. The molecule has 0 aliphatic carbocycles. The van der Waals surface area contributed by atoms with Crippen LogP contribution in [0.25, 0.3) is 0 Å². The van der Waals surface area contributed by atoms with Crippen LogP contribution >= 0.6 is 0 Å². The van der Waals surface area contributed by atoms with E-state index in [1.807, 2.05) is 0 Å². The van der Waals surface area contributed by atoms with Crippen molar-refractivity contribution in [2.24, 2.45) is 0 Å². The van der Waals surface area contributed by atoms with E-state index in [4.69, 9.17) is 5.11 Å². The first-order valence-corrected chi connectivity index (χ1v) is 3.83. The number of carbonyl (C=O) groups excluding carboxylic acids is 1. The molecule has 14 heavy (non-hydrogen) atoms. The lowest BCUT2D eigenvalue weighted by Gasteiger charge is -2.01. The van der Waals surface area contributed by atoms with Crippen molar-refractivity contribution in [3.05, 3.63) is 12.2 Å². The van der Waals surface area contributed by atoms with E-state index in [2.05, 4.69) is 14.9 Å². The van der Waals surface area contributed by atoms with Crippen LogP contribution in [0, 0.1) is 0 Å². The third-order valence-corrected chi connectivity index (χ3v) is 1.55. The molecular formula is C7H9N3O4. The largest absolute Gasteiger partial charge is 0.481 e. The van der Waals surface area contributed by atoms with Gasteiger partial charge in [0.05, 0.1) is 13.5 Å². The predicted molar refractivity (Wildman–Crippen MR) is 43.6 cm³/mol. The first kappa shape index (κ1) is 10.2. The molecule has 0 saturated heterocycles.